The minimum absolute atomic E-state index is 0.718. The monoisotopic (exact) mass is 902 g/mol. The smallest absolute Gasteiger partial charge is 0.161 e. The van der Waals surface area contributed by atoms with Gasteiger partial charge in [0.15, 0.2) is 11.6 Å². The molecule has 0 saturated carbocycles. The maximum absolute atomic E-state index is 5.37. The molecule has 0 N–H and O–H groups in total. The Kier molecular flexibility index (Phi) is 9.85. The molecule has 0 fully saturated rings. The molecule has 6 heteroatoms. The summed E-state index contributed by atoms with van der Waals surface area (Å²) in [4.78, 5) is 23.1. The minimum Gasteiger partial charge on any atom is -0.227 e. The van der Waals surface area contributed by atoms with Gasteiger partial charge in [-0.2, -0.15) is 0 Å². The van der Waals surface area contributed by atoms with Gasteiger partial charge in [-0.05, 0) is 74.8 Å². The van der Waals surface area contributed by atoms with Crippen molar-refractivity contribution < 1.29 is 0 Å². The molecule has 13 rings (SSSR count). The zero-order valence-electron chi connectivity index (χ0n) is 36.5. The average molecular weight is 903 g/mol. The van der Waals surface area contributed by atoms with Gasteiger partial charge in [-0.15, -0.1) is 22.7 Å². The molecular formula is C62H38N4S2. The van der Waals surface area contributed by atoms with Gasteiger partial charge in [-0.3, -0.25) is 0 Å². The van der Waals surface area contributed by atoms with E-state index >= 15 is 0 Å². The maximum atomic E-state index is 5.37. The predicted octanol–water partition coefficient (Wildman–Crippen LogP) is 17.3. The van der Waals surface area contributed by atoms with Crippen molar-refractivity contribution in [2.24, 2.45) is 0 Å². The van der Waals surface area contributed by atoms with Crippen LogP contribution >= 0.6 is 22.7 Å². The Balaban J connectivity index is 0.880. The van der Waals surface area contributed by atoms with Gasteiger partial charge in [0.25, 0.3) is 0 Å². The Bertz CT molecular complexity index is 3750. The lowest BCUT2D eigenvalue weighted by molar-refractivity contribution is 1.24. The molecule has 4 aromatic heterocycles. The highest BCUT2D eigenvalue weighted by Crippen LogP contribution is 2.43. The molecular weight excluding hydrogens is 865 g/mol. The molecule has 0 bridgehead atoms. The van der Waals surface area contributed by atoms with Gasteiger partial charge in [0.2, 0.25) is 0 Å². The van der Waals surface area contributed by atoms with E-state index in [4.69, 9.17) is 19.9 Å². The van der Waals surface area contributed by atoms with Crippen LogP contribution in [0, 0.1) is 0 Å². The lowest BCUT2D eigenvalue weighted by Crippen LogP contribution is -1.94. The van der Waals surface area contributed by atoms with Gasteiger partial charge in [0, 0.05) is 53.2 Å². The molecule has 4 heterocycles. The summed E-state index contributed by atoms with van der Waals surface area (Å²) in [5.41, 5.74) is 15.1. The van der Waals surface area contributed by atoms with Gasteiger partial charge in [0.1, 0.15) is 9.66 Å². The average Bonchev–Trinajstić information content (AvgIpc) is 4.00. The fourth-order valence-electron chi connectivity index (χ4n) is 9.38. The number of hydrogen-bond donors (Lipinski definition) is 0. The van der Waals surface area contributed by atoms with Crippen molar-refractivity contribution in [1.82, 2.24) is 19.9 Å². The molecule has 0 aliphatic carbocycles. The van der Waals surface area contributed by atoms with Gasteiger partial charge in [-0.25, -0.2) is 19.9 Å². The number of hydrogen-bond acceptors (Lipinski definition) is 6. The molecule has 0 unspecified atom stereocenters. The summed E-state index contributed by atoms with van der Waals surface area (Å²) < 4.78 is 2.40. The van der Waals surface area contributed by atoms with E-state index in [1.165, 1.54) is 31.3 Å². The second-order valence-electron chi connectivity index (χ2n) is 17.0. The zero-order chi connectivity index (χ0) is 45.0. The van der Waals surface area contributed by atoms with Crippen molar-refractivity contribution in [3.63, 3.8) is 0 Å². The molecule has 9 aromatic carbocycles. The highest BCUT2D eigenvalue weighted by Gasteiger charge is 2.20. The quantitative estimate of drug-likeness (QED) is 0.152. The highest BCUT2D eigenvalue weighted by atomic mass is 32.1. The topological polar surface area (TPSA) is 51.6 Å². The summed E-state index contributed by atoms with van der Waals surface area (Å²) in [5, 5.41) is 4.51. The largest absolute Gasteiger partial charge is 0.227 e. The number of nitrogens with zero attached hydrogens (tertiary/aromatic N) is 4. The van der Waals surface area contributed by atoms with E-state index in [-0.39, 0.29) is 0 Å². The Morgan fingerprint density at radius 2 is 0.544 bits per heavy atom. The van der Waals surface area contributed by atoms with E-state index < -0.39 is 0 Å². The number of rotatable bonds is 8. The number of fused-ring (bicyclic) bond motifs is 6. The molecule has 0 aliphatic heterocycles. The van der Waals surface area contributed by atoms with Crippen LogP contribution in [0.1, 0.15) is 0 Å². The van der Waals surface area contributed by atoms with Gasteiger partial charge >= 0.3 is 0 Å². The zero-order valence-corrected chi connectivity index (χ0v) is 38.2. The van der Waals surface area contributed by atoms with Crippen LogP contribution in [0.2, 0.25) is 0 Å². The third-order valence-corrected chi connectivity index (χ3v) is 14.9. The third-order valence-electron chi connectivity index (χ3n) is 12.8. The second-order valence-corrected chi connectivity index (χ2v) is 19.0. The maximum Gasteiger partial charge on any atom is 0.161 e. The number of aromatic nitrogens is 4. The van der Waals surface area contributed by atoms with Crippen molar-refractivity contribution in [2.75, 3.05) is 0 Å². The van der Waals surface area contributed by atoms with Crippen LogP contribution in [-0.2, 0) is 0 Å². The Morgan fingerprint density at radius 3 is 0.956 bits per heavy atom. The first-order chi connectivity index (χ1) is 33.7. The number of thiophene rings is 2. The lowest BCUT2D eigenvalue weighted by Gasteiger charge is -2.12. The van der Waals surface area contributed by atoms with Crippen LogP contribution in [0.4, 0.5) is 0 Å². The molecule has 68 heavy (non-hydrogen) atoms. The Morgan fingerprint density at radius 1 is 0.235 bits per heavy atom. The summed E-state index contributed by atoms with van der Waals surface area (Å²) in [6, 6.07) is 81.7. The molecule has 0 radical (unpaired) electrons. The van der Waals surface area contributed by atoms with Crippen LogP contribution in [0.3, 0.4) is 0 Å². The Hall–Kier alpha value is -8.42. The standard InChI is InChI=1S/C62H38N4S2/c1-3-14-39(15-4-1)41-28-32-43(33-29-41)59-63-57(55-51-24-7-9-26-53(51)67-61(55)65-59)49-22-12-20-47(37-49)45-18-11-19-46(36-45)48-21-13-23-50(38-48)58-56-52-25-8-10-27-54(52)68-62(56)66-60(64-58)44-34-30-42(31-35-44)40-16-5-2-6-17-40/h1-38H. The first-order valence-electron chi connectivity index (χ1n) is 22.7. The fourth-order valence-corrected chi connectivity index (χ4v) is 11.5. The van der Waals surface area contributed by atoms with E-state index in [0.717, 1.165) is 99.1 Å². The summed E-state index contributed by atoms with van der Waals surface area (Å²) in [6.45, 7) is 0. The molecule has 4 nitrogen and oxygen atoms in total. The van der Waals surface area contributed by atoms with E-state index in [9.17, 15) is 0 Å². The SMILES string of the molecule is c1ccc(-c2ccc(-c3nc(-c4cccc(-c5cccc(-c6cccc(-c7nc(-c8ccc(-c9ccccc9)cc8)nc8sc9ccccc9c78)c6)c5)c4)c4c(n3)sc3ccccc34)cc2)cc1. The van der Waals surface area contributed by atoms with Crippen molar-refractivity contribution in [3.05, 3.63) is 231 Å². The van der Waals surface area contributed by atoms with Crippen LogP contribution in [0.25, 0.3) is 130 Å². The summed E-state index contributed by atoms with van der Waals surface area (Å²) in [5.74, 6) is 1.44. The second kappa shape index (κ2) is 16.8. The first-order valence-corrected chi connectivity index (χ1v) is 24.3. The predicted molar refractivity (Wildman–Crippen MR) is 287 cm³/mol. The molecule has 13 aromatic rings. The number of benzene rings is 9. The molecule has 0 saturated heterocycles. The van der Waals surface area contributed by atoms with Crippen molar-refractivity contribution in [1.29, 1.82) is 0 Å². The van der Waals surface area contributed by atoms with Crippen LogP contribution in [-0.4, -0.2) is 19.9 Å². The minimum atomic E-state index is 0.718. The van der Waals surface area contributed by atoms with Gasteiger partial charge in [0.05, 0.1) is 11.4 Å². The van der Waals surface area contributed by atoms with E-state index in [2.05, 4.69) is 218 Å². The van der Waals surface area contributed by atoms with Crippen molar-refractivity contribution in [3.8, 4) is 89.8 Å². The van der Waals surface area contributed by atoms with Crippen LogP contribution in [0.15, 0.2) is 231 Å². The van der Waals surface area contributed by atoms with Crippen molar-refractivity contribution >= 4 is 63.3 Å². The lowest BCUT2D eigenvalue weighted by atomic mass is 9.95. The van der Waals surface area contributed by atoms with Crippen LogP contribution in [0.5, 0.6) is 0 Å². The third kappa shape index (κ3) is 7.24. The Labute approximate surface area is 401 Å². The van der Waals surface area contributed by atoms with Crippen LogP contribution < -0.4 is 0 Å². The normalized spacial score (nSPS) is 11.5. The van der Waals surface area contributed by atoms with Gasteiger partial charge in [-0.1, -0.05) is 200 Å². The molecule has 318 valence electrons. The van der Waals surface area contributed by atoms with E-state index in [1.807, 2.05) is 12.1 Å². The first kappa shape index (κ1) is 39.9. The molecule has 0 atom stereocenters. The molecule has 0 amide bonds. The highest BCUT2D eigenvalue weighted by molar-refractivity contribution is 7.26. The molecule has 0 aliphatic rings. The van der Waals surface area contributed by atoms with Gasteiger partial charge < -0.3 is 0 Å². The summed E-state index contributed by atoms with van der Waals surface area (Å²) in [6.07, 6.45) is 0. The fraction of sp³-hybridized carbons (Fsp3) is 0. The summed E-state index contributed by atoms with van der Waals surface area (Å²) in [7, 11) is 0. The van der Waals surface area contributed by atoms with E-state index in [1.54, 1.807) is 22.7 Å². The van der Waals surface area contributed by atoms with E-state index in [0.29, 0.717) is 0 Å². The summed E-state index contributed by atoms with van der Waals surface area (Å²) >= 11 is 3.44. The molecule has 0 spiro atoms. The van der Waals surface area contributed by atoms with Crippen molar-refractivity contribution in [2.45, 2.75) is 0 Å².